The van der Waals surface area contributed by atoms with Gasteiger partial charge in [-0.1, -0.05) is 0 Å². The first kappa shape index (κ1) is 20.7. The third-order valence-corrected chi connectivity index (χ3v) is 4.87. The molecule has 1 aromatic heterocycles. The topological polar surface area (TPSA) is 88.6 Å². The van der Waals surface area contributed by atoms with Crippen LogP contribution in [0.4, 0.5) is 5.69 Å². The molecular weight excluding hydrogens is 366 g/mol. The Balaban J connectivity index is 1.97. The summed E-state index contributed by atoms with van der Waals surface area (Å²) in [4.78, 5) is 16.0. The highest BCUT2D eigenvalue weighted by atomic mass is 32.2. The number of benzene rings is 1. The molecule has 0 saturated heterocycles. The van der Waals surface area contributed by atoms with Crippen molar-refractivity contribution in [3.63, 3.8) is 0 Å². The lowest BCUT2D eigenvalue weighted by atomic mass is 10.2. The summed E-state index contributed by atoms with van der Waals surface area (Å²) < 4.78 is 31.1. The first-order chi connectivity index (χ1) is 12.8. The molecule has 0 aliphatic heterocycles. The Morgan fingerprint density at radius 3 is 2.33 bits per heavy atom. The molecule has 27 heavy (non-hydrogen) atoms. The van der Waals surface area contributed by atoms with Gasteiger partial charge in [-0.25, -0.2) is 8.42 Å². The predicted molar refractivity (Wildman–Crippen MR) is 105 cm³/mol. The molecule has 0 atom stereocenters. The van der Waals surface area contributed by atoms with Crippen LogP contribution in [0.2, 0.25) is 0 Å². The van der Waals surface area contributed by atoms with Crippen LogP contribution in [0.1, 0.15) is 25.8 Å². The minimum Gasteiger partial charge on any atom is -0.491 e. The van der Waals surface area contributed by atoms with Gasteiger partial charge in [0.05, 0.1) is 18.0 Å². The summed E-state index contributed by atoms with van der Waals surface area (Å²) in [7, 11) is -3.51. The molecule has 0 radical (unpaired) electrons. The number of hydrogen-bond acceptors (Lipinski definition) is 5. The number of nitrogens with one attached hydrogen (secondary N) is 1. The van der Waals surface area contributed by atoms with Gasteiger partial charge in [-0.2, -0.15) is 0 Å². The van der Waals surface area contributed by atoms with Crippen molar-refractivity contribution in [3.8, 4) is 5.75 Å². The van der Waals surface area contributed by atoms with Crippen molar-refractivity contribution in [2.75, 3.05) is 17.1 Å². The second-order valence-electron chi connectivity index (χ2n) is 6.38. The molecule has 0 fully saturated rings. The van der Waals surface area contributed by atoms with E-state index >= 15 is 0 Å². The second kappa shape index (κ2) is 9.36. The molecule has 1 N–H and O–H groups in total. The van der Waals surface area contributed by atoms with Crippen LogP contribution in [0.3, 0.4) is 0 Å². The molecule has 146 valence electrons. The normalized spacial score (nSPS) is 11.3. The van der Waals surface area contributed by atoms with E-state index in [0.717, 1.165) is 11.8 Å². The van der Waals surface area contributed by atoms with Gasteiger partial charge in [0.2, 0.25) is 15.9 Å². The Morgan fingerprint density at radius 1 is 1.15 bits per heavy atom. The number of hydrogen-bond donors (Lipinski definition) is 1. The summed E-state index contributed by atoms with van der Waals surface area (Å²) in [5.41, 5.74) is 1.43. The van der Waals surface area contributed by atoms with Crippen LogP contribution in [0, 0.1) is 0 Å². The number of nitrogens with zero attached hydrogens (tertiary/aromatic N) is 2. The third kappa shape index (κ3) is 6.90. The van der Waals surface area contributed by atoms with E-state index in [9.17, 15) is 13.2 Å². The third-order valence-electron chi connectivity index (χ3n) is 3.68. The van der Waals surface area contributed by atoms with Crippen molar-refractivity contribution in [1.82, 2.24) is 10.3 Å². The number of pyridine rings is 1. The van der Waals surface area contributed by atoms with Crippen LogP contribution in [-0.4, -0.2) is 38.2 Å². The van der Waals surface area contributed by atoms with E-state index in [0.29, 0.717) is 18.0 Å². The molecule has 2 aromatic rings. The highest BCUT2D eigenvalue weighted by Gasteiger charge is 2.18. The van der Waals surface area contributed by atoms with Gasteiger partial charge in [0, 0.05) is 31.9 Å². The van der Waals surface area contributed by atoms with Crippen LogP contribution in [0.15, 0.2) is 48.8 Å². The van der Waals surface area contributed by atoms with Crippen molar-refractivity contribution >= 4 is 21.6 Å². The number of rotatable bonds is 9. The average molecular weight is 391 g/mol. The number of anilines is 1. The standard InChI is InChI=1S/C19H25N3O4S/c1-15(2)26-18-6-4-17(5-7-18)22(27(3,24)25)13-10-19(23)21-14-16-8-11-20-12-9-16/h4-9,11-12,15H,10,13-14H2,1-3H3,(H,21,23). The van der Waals surface area contributed by atoms with E-state index in [4.69, 9.17) is 4.74 Å². The summed E-state index contributed by atoms with van der Waals surface area (Å²) in [5, 5.41) is 2.78. The largest absolute Gasteiger partial charge is 0.491 e. The molecule has 0 unspecified atom stereocenters. The predicted octanol–water partition coefficient (Wildman–Crippen LogP) is 2.34. The molecule has 0 aliphatic rings. The lowest BCUT2D eigenvalue weighted by Gasteiger charge is -2.22. The van der Waals surface area contributed by atoms with Crippen molar-refractivity contribution < 1.29 is 17.9 Å². The smallest absolute Gasteiger partial charge is 0.232 e. The maximum Gasteiger partial charge on any atom is 0.232 e. The molecule has 8 heteroatoms. The van der Waals surface area contributed by atoms with Gasteiger partial charge >= 0.3 is 0 Å². The summed E-state index contributed by atoms with van der Waals surface area (Å²) >= 11 is 0. The lowest BCUT2D eigenvalue weighted by molar-refractivity contribution is -0.121. The number of carbonyl (C=O) groups is 1. The summed E-state index contributed by atoms with van der Waals surface area (Å²) in [6.07, 6.45) is 4.52. The number of amides is 1. The average Bonchev–Trinajstić information content (AvgIpc) is 2.61. The van der Waals surface area contributed by atoms with Crippen molar-refractivity contribution in [2.24, 2.45) is 0 Å². The summed E-state index contributed by atoms with van der Waals surface area (Å²) in [6.45, 7) is 4.27. The quantitative estimate of drug-likeness (QED) is 0.709. The molecule has 1 amide bonds. The van der Waals surface area contributed by atoms with E-state index in [1.54, 1.807) is 36.7 Å². The van der Waals surface area contributed by atoms with E-state index < -0.39 is 10.0 Å². The number of carbonyl (C=O) groups excluding carboxylic acids is 1. The fourth-order valence-electron chi connectivity index (χ4n) is 2.44. The molecule has 0 bridgehead atoms. The van der Waals surface area contributed by atoms with Crippen LogP contribution >= 0.6 is 0 Å². The Hall–Kier alpha value is -2.61. The Kier molecular flexibility index (Phi) is 7.18. The van der Waals surface area contributed by atoms with Crippen LogP contribution < -0.4 is 14.4 Å². The Morgan fingerprint density at radius 2 is 1.78 bits per heavy atom. The van der Waals surface area contributed by atoms with Crippen LogP contribution in [0.25, 0.3) is 0 Å². The second-order valence-corrected chi connectivity index (χ2v) is 8.28. The summed E-state index contributed by atoms with van der Waals surface area (Å²) in [6, 6.07) is 10.4. The highest BCUT2D eigenvalue weighted by Crippen LogP contribution is 2.22. The van der Waals surface area contributed by atoms with E-state index in [-0.39, 0.29) is 25.0 Å². The minimum absolute atomic E-state index is 0.0333. The zero-order valence-corrected chi connectivity index (χ0v) is 16.6. The number of sulfonamides is 1. The Labute approximate surface area is 160 Å². The van der Waals surface area contributed by atoms with E-state index in [1.165, 1.54) is 4.31 Å². The zero-order chi connectivity index (χ0) is 19.9. The molecule has 0 spiro atoms. The van der Waals surface area contributed by atoms with E-state index in [1.807, 2.05) is 26.0 Å². The van der Waals surface area contributed by atoms with Crippen molar-refractivity contribution in [1.29, 1.82) is 0 Å². The molecule has 1 aromatic carbocycles. The molecular formula is C19H25N3O4S. The number of ether oxygens (including phenoxy) is 1. The highest BCUT2D eigenvalue weighted by molar-refractivity contribution is 7.92. The van der Waals surface area contributed by atoms with Gasteiger partial charge in [-0.05, 0) is 55.8 Å². The molecule has 2 rings (SSSR count). The van der Waals surface area contributed by atoms with Gasteiger partial charge in [-0.15, -0.1) is 0 Å². The zero-order valence-electron chi connectivity index (χ0n) is 15.8. The van der Waals surface area contributed by atoms with Gasteiger partial charge in [0.1, 0.15) is 5.75 Å². The SMILES string of the molecule is CC(C)Oc1ccc(N(CCC(=O)NCc2ccncc2)S(C)(=O)=O)cc1. The van der Waals surface area contributed by atoms with Gasteiger partial charge < -0.3 is 10.1 Å². The van der Waals surface area contributed by atoms with Crippen LogP contribution in [0.5, 0.6) is 5.75 Å². The lowest BCUT2D eigenvalue weighted by Crippen LogP contribution is -2.34. The van der Waals surface area contributed by atoms with Crippen LogP contribution in [-0.2, 0) is 21.4 Å². The summed E-state index contributed by atoms with van der Waals surface area (Å²) in [5.74, 6) is 0.442. The number of aromatic nitrogens is 1. The molecule has 0 saturated carbocycles. The molecule has 1 heterocycles. The monoisotopic (exact) mass is 391 g/mol. The van der Waals surface area contributed by atoms with Crippen molar-refractivity contribution in [2.45, 2.75) is 32.9 Å². The van der Waals surface area contributed by atoms with Gasteiger partial charge in [0.15, 0.2) is 0 Å². The fraction of sp³-hybridized carbons (Fsp3) is 0.368. The van der Waals surface area contributed by atoms with E-state index in [2.05, 4.69) is 10.3 Å². The first-order valence-electron chi connectivity index (χ1n) is 8.66. The maximum atomic E-state index is 12.1. The molecule has 0 aliphatic carbocycles. The maximum absolute atomic E-state index is 12.1. The molecule has 7 nitrogen and oxygen atoms in total. The van der Waals surface area contributed by atoms with Gasteiger partial charge in [0.25, 0.3) is 0 Å². The first-order valence-corrected chi connectivity index (χ1v) is 10.5. The Bertz CT molecular complexity index is 837. The fourth-order valence-corrected chi connectivity index (χ4v) is 3.37. The van der Waals surface area contributed by atoms with Gasteiger partial charge in [-0.3, -0.25) is 14.1 Å². The minimum atomic E-state index is -3.51. The van der Waals surface area contributed by atoms with Crippen molar-refractivity contribution in [3.05, 3.63) is 54.4 Å².